The molecule has 0 amide bonds. The minimum Gasteiger partial charge on any atom is -0.396 e. The van der Waals surface area contributed by atoms with Crippen LogP contribution in [0.2, 0.25) is 0 Å². The molecule has 2 unspecified atom stereocenters. The monoisotopic (exact) mass is 148 g/mol. The van der Waals surface area contributed by atoms with Gasteiger partial charge in [-0.15, -0.1) is 0 Å². The van der Waals surface area contributed by atoms with Crippen molar-refractivity contribution in [2.75, 3.05) is 13.2 Å². The van der Waals surface area contributed by atoms with Crippen LogP contribution >= 0.6 is 0 Å². The molecule has 0 rings (SSSR count). The van der Waals surface area contributed by atoms with Crippen LogP contribution in [0, 0.1) is 11.8 Å². The summed E-state index contributed by atoms with van der Waals surface area (Å²) in [5, 5.41) is 26.5. The second kappa shape index (κ2) is 4.66. The number of aliphatic hydroxyl groups is 3. The Morgan fingerprint density at radius 2 is 1.30 bits per heavy atom. The Balaban J connectivity index is 3.69. The van der Waals surface area contributed by atoms with Gasteiger partial charge in [0.2, 0.25) is 0 Å². The largest absolute Gasteiger partial charge is 0.396 e. The molecule has 62 valence electrons. The third-order valence-electron chi connectivity index (χ3n) is 1.74. The van der Waals surface area contributed by atoms with Crippen molar-refractivity contribution in [3.63, 3.8) is 0 Å². The summed E-state index contributed by atoms with van der Waals surface area (Å²) in [6, 6.07) is 0. The third-order valence-corrected chi connectivity index (χ3v) is 1.74. The van der Waals surface area contributed by atoms with Crippen molar-refractivity contribution in [2.24, 2.45) is 11.8 Å². The average Bonchev–Trinajstić information content (AvgIpc) is 2.00. The molecule has 0 aliphatic rings. The molecular weight excluding hydrogens is 132 g/mol. The molecule has 3 heteroatoms. The van der Waals surface area contributed by atoms with Crippen LogP contribution in [0.5, 0.6) is 0 Å². The number of rotatable bonds is 4. The molecule has 0 aromatic heterocycles. The molecule has 10 heavy (non-hydrogen) atoms. The molecule has 0 radical (unpaired) electrons. The highest BCUT2D eigenvalue weighted by Crippen LogP contribution is 2.11. The third kappa shape index (κ3) is 2.64. The second-order valence-corrected chi connectivity index (χ2v) is 2.81. The summed E-state index contributed by atoms with van der Waals surface area (Å²) < 4.78 is 0. The van der Waals surface area contributed by atoms with E-state index in [1.807, 2.05) is 0 Å². The van der Waals surface area contributed by atoms with Crippen LogP contribution in [0.15, 0.2) is 0 Å². The zero-order chi connectivity index (χ0) is 8.15. The molecule has 0 saturated carbocycles. The van der Waals surface area contributed by atoms with Gasteiger partial charge in [-0.2, -0.15) is 0 Å². The molecule has 0 aliphatic carbocycles. The summed E-state index contributed by atoms with van der Waals surface area (Å²) in [5.74, 6) is -0.302. The van der Waals surface area contributed by atoms with Gasteiger partial charge in [-0.1, -0.05) is 13.8 Å². The fourth-order valence-electron chi connectivity index (χ4n) is 0.777. The van der Waals surface area contributed by atoms with Gasteiger partial charge in [-0.25, -0.2) is 0 Å². The fraction of sp³-hybridized carbons (Fsp3) is 1.00. The molecule has 2 atom stereocenters. The number of aliphatic hydroxyl groups excluding tert-OH is 3. The van der Waals surface area contributed by atoms with Crippen molar-refractivity contribution in [3.8, 4) is 0 Å². The molecular formula is C7H16O3. The van der Waals surface area contributed by atoms with Crippen molar-refractivity contribution in [2.45, 2.75) is 20.0 Å². The molecule has 0 aromatic carbocycles. The first kappa shape index (κ1) is 9.88. The maximum absolute atomic E-state index is 9.27. The lowest BCUT2D eigenvalue weighted by atomic mass is 9.95. The lowest BCUT2D eigenvalue weighted by Crippen LogP contribution is -2.29. The Bertz CT molecular complexity index is 74.9. The summed E-state index contributed by atoms with van der Waals surface area (Å²) in [6.45, 7) is 3.42. The zero-order valence-electron chi connectivity index (χ0n) is 6.49. The first-order valence-electron chi connectivity index (χ1n) is 3.53. The normalized spacial score (nSPS) is 20.1. The van der Waals surface area contributed by atoms with Gasteiger partial charge >= 0.3 is 0 Å². The van der Waals surface area contributed by atoms with E-state index in [1.54, 1.807) is 13.8 Å². The van der Waals surface area contributed by atoms with E-state index in [0.29, 0.717) is 0 Å². The Labute approximate surface area is 61.3 Å². The van der Waals surface area contributed by atoms with Crippen LogP contribution < -0.4 is 0 Å². The van der Waals surface area contributed by atoms with Crippen molar-refractivity contribution < 1.29 is 15.3 Å². The molecule has 3 N–H and O–H groups in total. The van der Waals surface area contributed by atoms with Crippen LogP contribution in [0.25, 0.3) is 0 Å². The van der Waals surface area contributed by atoms with Gasteiger partial charge in [0.25, 0.3) is 0 Å². The maximum Gasteiger partial charge on any atom is 0.0635 e. The Morgan fingerprint density at radius 1 is 1.00 bits per heavy atom. The number of hydrogen-bond acceptors (Lipinski definition) is 3. The van der Waals surface area contributed by atoms with Crippen molar-refractivity contribution in [1.82, 2.24) is 0 Å². The molecule has 0 aromatic rings. The van der Waals surface area contributed by atoms with Gasteiger partial charge in [-0.05, 0) is 0 Å². The van der Waals surface area contributed by atoms with Gasteiger partial charge < -0.3 is 15.3 Å². The zero-order valence-corrected chi connectivity index (χ0v) is 6.49. The topological polar surface area (TPSA) is 60.7 Å². The predicted octanol–water partition coefficient (Wildman–Crippen LogP) is -0.396. The Kier molecular flexibility index (Phi) is 4.60. The molecule has 0 heterocycles. The minimum absolute atomic E-state index is 0.0362. The van der Waals surface area contributed by atoms with Gasteiger partial charge in [0, 0.05) is 25.0 Å². The Morgan fingerprint density at radius 3 is 1.50 bits per heavy atom. The van der Waals surface area contributed by atoms with Crippen molar-refractivity contribution in [1.29, 1.82) is 0 Å². The van der Waals surface area contributed by atoms with Crippen LogP contribution in [-0.2, 0) is 0 Å². The van der Waals surface area contributed by atoms with E-state index in [4.69, 9.17) is 10.2 Å². The quantitative estimate of drug-likeness (QED) is 0.508. The molecule has 0 bridgehead atoms. The smallest absolute Gasteiger partial charge is 0.0635 e. The fourth-order valence-corrected chi connectivity index (χ4v) is 0.777. The van der Waals surface area contributed by atoms with E-state index < -0.39 is 6.10 Å². The Hall–Kier alpha value is -0.120. The minimum atomic E-state index is -0.602. The summed E-state index contributed by atoms with van der Waals surface area (Å²) in [6.07, 6.45) is -0.602. The maximum atomic E-state index is 9.27. The predicted molar refractivity (Wildman–Crippen MR) is 38.5 cm³/mol. The summed E-state index contributed by atoms with van der Waals surface area (Å²) in [4.78, 5) is 0. The van der Waals surface area contributed by atoms with E-state index in [0.717, 1.165) is 0 Å². The first-order chi connectivity index (χ1) is 4.63. The SMILES string of the molecule is CC(CO)C(O)C(C)CO. The summed E-state index contributed by atoms with van der Waals surface area (Å²) in [5.41, 5.74) is 0. The average molecular weight is 148 g/mol. The van der Waals surface area contributed by atoms with E-state index in [-0.39, 0.29) is 25.0 Å². The van der Waals surface area contributed by atoms with E-state index >= 15 is 0 Å². The summed E-state index contributed by atoms with van der Waals surface area (Å²) >= 11 is 0. The van der Waals surface area contributed by atoms with Crippen LogP contribution in [0.1, 0.15) is 13.8 Å². The van der Waals surface area contributed by atoms with Gasteiger partial charge in [0.05, 0.1) is 6.10 Å². The lowest BCUT2D eigenvalue weighted by molar-refractivity contribution is 0.0158. The van der Waals surface area contributed by atoms with Crippen molar-refractivity contribution >= 4 is 0 Å². The van der Waals surface area contributed by atoms with Crippen molar-refractivity contribution in [3.05, 3.63) is 0 Å². The van der Waals surface area contributed by atoms with E-state index in [9.17, 15) is 5.11 Å². The van der Waals surface area contributed by atoms with E-state index in [1.165, 1.54) is 0 Å². The molecule has 0 aliphatic heterocycles. The molecule has 0 saturated heterocycles. The molecule has 0 fully saturated rings. The first-order valence-corrected chi connectivity index (χ1v) is 3.53. The summed E-state index contributed by atoms with van der Waals surface area (Å²) in [7, 11) is 0. The van der Waals surface area contributed by atoms with Crippen LogP contribution in [0.4, 0.5) is 0 Å². The van der Waals surface area contributed by atoms with E-state index in [2.05, 4.69) is 0 Å². The standard InChI is InChI=1S/C7H16O3/c1-5(3-8)7(10)6(2)4-9/h5-10H,3-4H2,1-2H3. The van der Waals surface area contributed by atoms with Gasteiger partial charge in [-0.3, -0.25) is 0 Å². The van der Waals surface area contributed by atoms with Crippen LogP contribution in [-0.4, -0.2) is 34.6 Å². The molecule has 3 nitrogen and oxygen atoms in total. The number of hydrogen-bond donors (Lipinski definition) is 3. The highest BCUT2D eigenvalue weighted by Gasteiger charge is 2.19. The highest BCUT2D eigenvalue weighted by atomic mass is 16.3. The van der Waals surface area contributed by atoms with Gasteiger partial charge in [0.15, 0.2) is 0 Å². The molecule has 0 spiro atoms. The highest BCUT2D eigenvalue weighted by molar-refractivity contribution is 4.68. The van der Waals surface area contributed by atoms with Gasteiger partial charge in [0.1, 0.15) is 0 Å². The van der Waals surface area contributed by atoms with Crippen LogP contribution in [0.3, 0.4) is 0 Å². The second-order valence-electron chi connectivity index (χ2n) is 2.81. The lowest BCUT2D eigenvalue weighted by Gasteiger charge is -2.21.